The summed E-state index contributed by atoms with van der Waals surface area (Å²) in [5, 5.41) is 10.4. The van der Waals surface area contributed by atoms with Crippen molar-refractivity contribution in [1.29, 1.82) is 0 Å². The first-order valence-corrected chi connectivity index (χ1v) is 7.85. The van der Waals surface area contributed by atoms with E-state index in [9.17, 15) is 13.9 Å². The zero-order valence-corrected chi connectivity index (χ0v) is 14.2. The van der Waals surface area contributed by atoms with E-state index in [4.69, 9.17) is 5.73 Å². The van der Waals surface area contributed by atoms with Crippen molar-refractivity contribution in [3.05, 3.63) is 58.8 Å². The molecule has 1 aromatic rings. The van der Waals surface area contributed by atoms with Crippen LogP contribution in [0, 0.1) is 0 Å². The molecule has 128 valence electrons. The average Bonchev–Trinajstić information content (AvgIpc) is 2.47. The Morgan fingerprint density at radius 3 is 2.67 bits per heavy atom. The molecule has 3 nitrogen and oxygen atoms in total. The lowest BCUT2D eigenvalue weighted by Gasteiger charge is -2.15. The van der Waals surface area contributed by atoms with E-state index >= 15 is 0 Å². The molecule has 5 heteroatoms. The summed E-state index contributed by atoms with van der Waals surface area (Å²) < 4.78 is 29.9. The number of halogens is 2. The van der Waals surface area contributed by atoms with Crippen molar-refractivity contribution in [2.75, 3.05) is 7.05 Å². The number of nitrogens with zero attached hydrogens (tertiary/aromatic N) is 1. The minimum atomic E-state index is -3.11. The second kappa shape index (κ2) is 6.99. The maximum absolute atomic E-state index is 14.0. The number of alkyl halides is 2. The van der Waals surface area contributed by atoms with Crippen molar-refractivity contribution in [3.63, 3.8) is 0 Å². The van der Waals surface area contributed by atoms with Gasteiger partial charge < -0.3 is 10.8 Å². The Morgan fingerprint density at radius 2 is 2.04 bits per heavy atom. The molecular formula is C19H23F2N2O+. The van der Waals surface area contributed by atoms with Gasteiger partial charge in [0, 0.05) is 23.3 Å². The minimum Gasteiger partial charge on any atom is -0.507 e. The van der Waals surface area contributed by atoms with Crippen LogP contribution in [-0.2, 0) is 5.92 Å². The molecule has 1 aliphatic heterocycles. The first-order valence-electron chi connectivity index (χ1n) is 7.85. The monoisotopic (exact) mass is 333 g/mol. The number of phenolic OH excluding ortho intramolecular Hbond substituents is 1. The van der Waals surface area contributed by atoms with Gasteiger partial charge in [-0.2, -0.15) is 8.78 Å². The van der Waals surface area contributed by atoms with Crippen molar-refractivity contribution in [2.45, 2.75) is 32.6 Å². The highest BCUT2D eigenvalue weighted by molar-refractivity contribution is 5.72. The van der Waals surface area contributed by atoms with Gasteiger partial charge in [-0.1, -0.05) is 12.1 Å². The molecule has 0 amide bonds. The topological polar surface area (TPSA) is 49.3 Å². The summed E-state index contributed by atoms with van der Waals surface area (Å²) in [6.07, 6.45) is 7.47. The summed E-state index contributed by atoms with van der Waals surface area (Å²) in [5.41, 5.74) is 8.58. The third-order valence-electron chi connectivity index (χ3n) is 3.98. The second-order valence-electron chi connectivity index (χ2n) is 5.94. The van der Waals surface area contributed by atoms with Gasteiger partial charge in [-0.3, -0.25) is 0 Å². The maximum Gasteiger partial charge on any atom is 0.291 e. The van der Waals surface area contributed by atoms with Gasteiger partial charge in [-0.15, -0.1) is 0 Å². The third kappa shape index (κ3) is 3.72. The van der Waals surface area contributed by atoms with Crippen LogP contribution in [0.15, 0.2) is 47.7 Å². The minimum absolute atomic E-state index is 0.182. The fourth-order valence-electron chi connectivity index (χ4n) is 2.86. The van der Waals surface area contributed by atoms with Crippen LogP contribution in [-0.4, -0.2) is 22.9 Å². The van der Waals surface area contributed by atoms with Crippen LogP contribution in [0.1, 0.15) is 37.8 Å². The second-order valence-corrected chi connectivity index (χ2v) is 5.94. The van der Waals surface area contributed by atoms with Crippen LogP contribution < -0.4 is 5.73 Å². The summed E-state index contributed by atoms with van der Waals surface area (Å²) in [6, 6.07) is 3.99. The normalized spacial score (nSPS) is 21.9. The predicted octanol–water partition coefficient (Wildman–Crippen LogP) is 4.14. The van der Waals surface area contributed by atoms with E-state index in [1.807, 2.05) is 30.8 Å². The first-order chi connectivity index (χ1) is 11.3. The zero-order valence-electron chi connectivity index (χ0n) is 14.2. The molecule has 1 heterocycles. The molecule has 1 aliphatic rings. The fourth-order valence-corrected chi connectivity index (χ4v) is 2.86. The molecule has 0 radical (unpaired) electrons. The fraction of sp³-hybridized carbons (Fsp3) is 0.316. The van der Waals surface area contributed by atoms with E-state index in [0.29, 0.717) is 5.56 Å². The van der Waals surface area contributed by atoms with Crippen LogP contribution in [0.2, 0.25) is 0 Å². The lowest BCUT2D eigenvalue weighted by molar-refractivity contribution is -0.392. The van der Waals surface area contributed by atoms with Gasteiger partial charge in [0.2, 0.25) is 5.70 Å². The van der Waals surface area contributed by atoms with Gasteiger partial charge in [0.15, 0.2) is 0 Å². The Morgan fingerprint density at radius 1 is 1.33 bits per heavy atom. The van der Waals surface area contributed by atoms with Crippen LogP contribution in [0.5, 0.6) is 5.75 Å². The van der Waals surface area contributed by atoms with Crippen LogP contribution in [0.4, 0.5) is 8.78 Å². The molecule has 0 bridgehead atoms. The van der Waals surface area contributed by atoms with Gasteiger partial charge in [0.25, 0.3) is 5.92 Å². The van der Waals surface area contributed by atoms with E-state index in [1.165, 1.54) is 25.1 Å². The highest BCUT2D eigenvalue weighted by Crippen LogP contribution is 2.36. The molecule has 0 atom stereocenters. The Labute approximate surface area is 141 Å². The molecule has 0 fully saturated rings. The Kier molecular flexibility index (Phi) is 5.22. The Balaban J connectivity index is 2.58. The number of aromatic hydroxyl groups is 1. The smallest absolute Gasteiger partial charge is 0.291 e. The van der Waals surface area contributed by atoms with Gasteiger partial charge in [0.05, 0.1) is 5.56 Å². The van der Waals surface area contributed by atoms with E-state index in [-0.39, 0.29) is 11.3 Å². The van der Waals surface area contributed by atoms with Crippen LogP contribution in [0.25, 0.3) is 5.70 Å². The van der Waals surface area contributed by atoms with E-state index in [0.717, 1.165) is 42.0 Å². The highest BCUT2D eigenvalue weighted by Gasteiger charge is 2.30. The maximum atomic E-state index is 14.0. The molecule has 1 aromatic carbocycles. The summed E-state index contributed by atoms with van der Waals surface area (Å²) >= 11 is 0. The summed E-state index contributed by atoms with van der Waals surface area (Å²) in [6.45, 7) is 3.42. The number of nitrogens with two attached hydrogens (primary N) is 1. The lowest BCUT2D eigenvalue weighted by Crippen LogP contribution is -2.13. The highest BCUT2D eigenvalue weighted by atomic mass is 19.3. The van der Waals surface area contributed by atoms with Crippen molar-refractivity contribution in [1.82, 2.24) is 0 Å². The molecule has 0 aromatic heterocycles. The summed E-state index contributed by atoms with van der Waals surface area (Å²) in [7, 11) is 1.87. The van der Waals surface area contributed by atoms with Crippen molar-refractivity contribution in [2.24, 2.45) is 5.73 Å². The SMILES string of the molecule is C/C=C/C(F)(F)c1ccc(/C2=C(C)/C=C(/N)CCC=[N+]2C)c(O)c1. The van der Waals surface area contributed by atoms with E-state index in [2.05, 4.69) is 0 Å². The number of hydrogen-bond acceptors (Lipinski definition) is 2. The molecule has 0 unspecified atom stereocenters. The standard InChI is InChI=1S/C19H22F2N2O/c1-4-9-19(20,21)14-7-8-16(17(24)12-14)18-13(2)11-15(22)6-5-10-23(18)3/h4,7-12H,5-6,22H2,1-3H3/p+1/b9-4+,15-11+,18-13-,23-10?. The van der Waals surface area contributed by atoms with E-state index in [1.54, 1.807) is 0 Å². The number of phenols is 1. The average molecular weight is 333 g/mol. The van der Waals surface area contributed by atoms with Gasteiger partial charge in [0.1, 0.15) is 19.0 Å². The van der Waals surface area contributed by atoms with Crippen LogP contribution >= 0.6 is 0 Å². The van der Waals surface area contributed by atoms with Crippen molar-refractivity contribution < 1.29 is 18.5 Å². The van der Waals surface area contributed by atoms with Gasteiger partial charge >= 0.3 is 0 Å². The summed E-state index contributed by atoms with van der Waals surface area (Å²) in [4.78, 5) is 0. The predicted molar refractivity (Wildman–Crippen MR) is 93.2 cm³/mol. The molecule has 2 rings (SSSR count). The molecule has 0 saturated carbocycles. The van der Waals surface area contributed by atoms with E-state index < -0.39 is 5.92 Å². The van der Waals surface area contributed by atoms with Crippen LogP contribution in [0.3, 0.4) is 0 Å². The largest absolute Gasteiger partial charge is 0.507 e. The van der Waals surface area contributed by atoms with Gasteiger partial charge in [-0.05, 0) is 44.6 Å². The number of rotatable bonds is 3. The molecule has 0 spiro atoms. The summed E-state index contributed by atoms with van der Waals surface area (Å²) in [5.74, 6) is -3.30. The molecule has 0 saturated heterocycles. The number of benzene rings is 1. The molecule has 24 heavy (non-hydrogen) atoms. The van der Waals surface area contributed by atoms with Gasteiger partial charge in [-0.25, -0.2) is 4.58 Å². The number of hydrogen-bond donors (Lipinski definition) is 2. The third-order valence-corrected chi connectivity index (χ3v) is 3.98. The quantitative estimate of drug-likeness (QED) is 0.645. The molecular weight excluding hydrogens is 310 g/mol. The zero-order chi connectivity index (χ0) is 17.9. The molecule has 0 aliphatic carbocycles. The van der Waals surface area contributed by atoms with Crippen molar-refractivity contribution >= 4 is 11.9 Å². The Bertz CT molecular complexity index is 759. The lowest BCUT2D eigenvalue weighted by atomic mass is 9.99. The number of allylic oxidation sites excluding steroid dienone is 5. The van der Waals surface area contributed by atoms with Crippen molar-refractivity contribution in [3.8, 4) is 5.75 Å². The Hall–Kier alpha value is -2.43. The first kappa shape index (κ1) is 17.9. The molecule has 3 N–H and O–H groups in total.